The van der Waals surface area contributed by atoms with Crippen LogP contribution in [0.15, 0.2) is 76.4 Å². The summed E-state index contributed by atoms with van der Waals surface area (Å²) in [5.41, 5.74) is 3.43. The summed E-state index contributed by atoms with van der Waals surface area (Å²) in [5.74, 6) is -1.25. The first kappa shape index (κ1) is 28.3. The molecule has 0 fully saturated rings. The molecule has 9 heteroatoms. The van der Waals surface area contributed by atoms with E-state index in [1.165, 1.54) is 36.4 Å². The molecule has 3 aromatic heterocycles. The van der Waals surface area contributed by atoms with E-state index in [4.69, 9.17) is 4.74 Å². The minimum Gasteiger partial charge on any atom is -0.452 e. The van der Waals surface area contributed by atoms with E-state index in [1.807, 2.05) is 31.4 Å². The molecule has 208 valence electrons. The van der Waals surface area contributed by atoms with Crippen LogP contribution in [0.1, 0.15) is 47.1 Å². The predicted molar refractivity (Wildman–Crippen MR) is 158 cm³/mol. The van der Waals surface area contributed by atoms with E-state index in [1.54, 1.807) is 31.5 Å². The molecule has 0 amide bonds. The van der Waals surface area contributed by atoms with Gasteiger partial charge in [0.15, 0.2) is 28.5 Å². The highest BCUT2D eigenvalue weighted by Gasteiger charge is 2.21. The van der Waals surface area contributed by atoms with Crippen LogP contribution < -0.4 is 10.2 Å². The number of rotatable bonds is 7. The van der Waals surface area contributed by atoms with Crippen molar-refractivity contribution in [1.82, 2.24) is 14.5 Å². The molecule has 6 nitrogen and oxygen atoms in total. The van der Waals surface area contributed by atoms with Crippen LogP contribution in [-0.2, 0) is 6.42 Å². The molecule has 41 heavy (non-hydrogen) atoms. The topological polar surface area (TPSA) is 74.1 Å². The minimum atomic E-state index is -0.665. The second kappa shape index (κ2) is 11.3. The Morgan fingerprint density at radius 1 is 1.02 bits per heavy atom. The van der Waals surface area contributed by atoms with Gasteiger partial charge in [-0.25, -0.2) is 13.8 Å². The molecule has 0 spiro atoms. The first-order chi connectivity index (χ1) is 19.5. The zero-order valence-corrected chi connectivity index (χ0v) is 24.4. The summed E-state index contributed by atoms with van der Waals surface area (Å²) >= 11 is 3.40. The summed E-state index contributed by atoms with van der Waals surface area (Å²) < 4.78 is 37.1. The van der Waals surface area contributed by atoms with E-state index in [9.17, 15) is 14.0 Å². The van der Waals surface area contributed by atoms with Gasteiger partial charge < -0.3 is 9.30 Å². The number of fused-ring (bicyclic) bond motifs is 1. The van der Waals surface area contributed by atoms with Crippen molar-refractivity contribution in [2.24, 2.45) is 0 Å². The SMILES string of the molecule is Cc1cc2nccc(Oc3ccc(CC(=O)c4cn(C(C)C)c(C)c(-c5ccc(F)cc5)c4=O)cc3F)c2nc1Br. The Morgan fingerprint density at radius 2 is 1.76 bits per heavy atom. The third kappa shape index (κ3) is 5.67. The number of aromatic nitrogens is 3. The van der Waals surface area contributed by atoms with Crippen molar-refractivity contribution in [3.05, 3.63) is 116 Å². The molecule has 2 aromatic carbocycles. The molecule has 0 aliphatic rings. The number of carbonyl (C=O) groups excluding carboxylic acids is 1. The van der Waals surface area contributed by atoms with Crippen molar-refractivity contribution in [3.8, 4) is 22.6 Å². The van der Waals surface area contributed by atoms with Gasteiger partial charge in [-0.1, -0.05) is 18.2 Å². The van der Waals surface area contributed by atoms with Gasteiger partial charge in [-0.2, -0.15) is 0 Å². The number of halogens is 3. The van der Waals surface area contributed by atoms with Crippen molar-refractivity contribution in [2.75, 3.05) is 0 Å². The maximum atomic E-state index is 15.2. The Kier molecular flexibility index (Phi) is 7.82. The molecule has 0 unspecified atom stereocenters. The molecule has 0 saturated carbocycles. The van der Waals surface area contributed by atoms with Crippen molar-refractivity contribution in [2.45, 2.75) is 40.2 Å². The molecular formula is C32H26BrF2N3O3. The Morgan fingerprint density at radius 3 is 2.44 bits per heavy atom. The first-order valence-corrected chi connectivity index (χ1v) is 13.8. The van der Waals surface area contributed by atoms with Crippen molar-refractivity contribution in [3.63, 3.8) is 0 Å². The molecule has 0 N–H and O–H groups in total. The highest BCUT2D eigenvalue weighted by molar-refractivity contribution is 9.10. The number of ketones is 1. The average Bonchev–Trinajstić information content (AvgIpc) is 2.92. The van der Waals surface area contributed by atoms with E-state index in [2.05, 4.69) is 25.9 Å². The molecule has 0 aliphatic carbocycles. The smallest absolute Gasteiger partial charge is 0.200 e. The van der Waals surface area contributed by atoms with Gasteiger partial charge in [-0.05, 0) is 90.6 Å². The van der Waals surface area contributed by atoms with Crippen LogP contribution in [0.5, 0.6) is 11.5 Å². The molecular weight excluding hydrogens is 592 g/mol. The Labute approximate surface area is 243 Å². The van der Waals surface area contributed by atoms with Crippen molar-refractivity contribution < 1.29 is 18.3 Å². The number of pyridine rings is 3. The number of nitrogens with zero attached hydrogens (tertiary/aromatic N) is 3. The summed E-state index contributed by atoms with van der Waals surface area (Å²) in [6.45, 7) is 7.57. The van der Waals surface area contributed by atoms with Gasteiger partial charge in [0.1, 0.15) is 15.9 Å². The van der Waals surface area contributed by atoms with Crippen LogP contribution in [0, 0.1) is 25.5 Å². The van der Waals surface area contributed by atoms with E-state index in [-0.39, 0.29) is 23.8 Å². The van der Waals surface area contributed by atoms with Crippen LogP contribution in [0.3, 0.4) is 0 Å². The maximum absolute atomic E-state index is 15.2. The summed E-state index contributed by atoms with van der Waals surface area (Å²) in [6, 6.07) is 13.3. The largest absolute Gasteiger partial charge is 0.452 e. The number of carbonyl (C=O) groups is 1. The molecule has 0 saturated heterocycles. The monoisotopic (exact) mass is 617 g/mol. The number of benzene rings is 2. The Balaban J connectivity index is 1.45. The maximum Gasteiger partial charge on any atom is 0.200 e. The Hall–Kier alpha value is -4.24. The number of aryl methyl sites for hydroxylation is 1. The van der Waals surface area contributed by atoms with Crippen molar-refractivity contribution >= 4 is 32.7 Å². The lowest BCUT2D eigenvalue weighted by molar-refractivity contribution is 0.0991. The second-order valence-electron chi connectivity index (χ2n) is 10.1. The normalized spacial score (nSPS) is 11.3. The zero-order chi connectivity index (χ0) is 29.4. The fourth-order valence-corrected chi connectivity index (χ4v) is 5.04. The molecule has 5 rings (SSSR count). The highest BCUT2D eigenvalue weighted by atomic mass is 79.9. The van der Waals surface area contributed by atoms with Gasteiger partial charge in [-0.15, -0.1) is 0 Å². The van der Waals surface area contributed by atoms with Crippen LogP contribution >= 0.6 is 15.9 Å². The first-order valence-electron chi connectivity index (χ1n) is 13.0. The second-order valence-corrected chi connectivity index (χ2v) is 10.8. The Bertz CT molecular complexity index is 1870. The molecule has 0 bridgehead atoms. The van der Waals surface area contributed by atoms with Crippen LogP contribution in [-0.4, -0.2) is 20.3 Å². The average molecular weight is 618 g/mol. The number of ether oxygens (including phenoxy) is 1. The van der Waals surface area contributed by atoms with Gasteiger partial charge in [0.2, 0.25) is 0 Å². The fraction of sp³-hybridized carbons (Fsp3) is 0.188. The molecule has 0 radical (unpaired) electrons. The van der Waals surface area contributed by atoms with Gasteiger partial charge >= 0.3 is 0 Å². The van der Waals surface area contributed by atoms with E-state index >= 15 is 4.39 Å². The summed E-state index contributed by atoms with van der Waals surface area (Å²) in [7, 11) is 0. The van der Waals surface area contributed by atoms with E-state index in [0.717, 1.165) is 5.56 Å². The van der Waals surface area contributed by atoms with Crippen molar-refractivity contribution in [1.29, 1.82) is 0 Å². The number of Topliss-reactive ketones (excluding diaryl/α,β-unsaturated/α-hetero) is 1. The van der Waals surface area contributed by atoms with Gasteiger partial charge in [0.25, 0.3) is 0 Å². The number of hydrogen-bond acceptors (Lipinski definition) is 5. The van der Waals surface area contributed by atoms with E-state index in [0.29, 0.717) is 43.8 Å². The van der Waals surface area contributed by atoms with Gasteiger partial charge in [0.05, 0.1) is 11.1 Å². The minimum absolute atomic E-state index is 0.0143. The summed E-state index contributed by atoms with van der Waals surface area (Å²) in [4.78, 5) is 35.7. The molecule has 5 aromatic rings. The zero-order valence-electron chi connectivity index (χ0n) is 22.8. The molecule has 0 atom stereocenters. The highest BCUT2D eigenvalue weighted by Crippen LogP contribution is 2.32. The van der Waals surface area contributed by atoms with Gasteiger partial charge in [-0.3, -0.25) is 14.6 Å². The van der Waals surface area contributed by atoms with Crippen LogP contribution in [0.25, 0.3) is 22.2 Å². The quantitative estimate of drug-likeness (QED) is 0.137. The third-order valence-electron chi connectivity index (χ3n) is 6.86. The van der Waals surface area contributed by atoms with Gasteiger partial charge in [0, 0.05) is 42.2 Å². The summed E-state index contributed by atoms with van der Waals surface area (Å²) in [6.07, 6.45) is 2.92. The predicted octanol–water partition coefficient (Wildman–Crippen LogP) is 7.91. The lowest BCUT2D eigenvalue weighted by atomic mass is 9.97. The third-order valence-corrected chi connectivity index (χ3v) is 7.67. The summed E-state index contributed by atoms with van der Waals surface area (Å²) in [5, 5.41) is 0. The van der Waals surface area contributed by atoms with Crippen LogP contribution in [0.4, 0.5) is 8.78 Å². The lowest BCUT2D eigenvalue weighted by Crippen LogP contribution is -2.24. The number of hydrogen-bond donors (Lipinski definition) is 0. The van der Waals surface area contributed by atoms with Crippen LogP contribution in [0.2, 0.25) is 0 Å². The van der Waals surface area contributed by atoms with E-state index < -0.39 is 22.8 Å². The molecule has 3 heterocycles. The fourth-order valence-electron chi connectivity index (χ4n) is 4.75. The molecule has 0 aliphatic heterocycles. The standard InChI is InChI=1S/C32H26BrF2N3O3/c1-17(2)38-16-23(31(40)29(19(38)4)21-6-8-22(34)9-7-21)26(39)15-20-5-10-27(24(35)14-20)41-28-11-12-36-25-13-18(3)32(33)37-30(25)28/h5-14,16-17H,15H2,1-4H3. The lowest BCUT2D eigenvalue weighted by Gasteiger charge is -2.20.